The number of para-hydroxylation sites is 1. The molecule has 4 aromatic rings. The molecule has 1 unspecified atom stereocenters. The van der Waals surface area contributed by atoms with Crippen LogP contribution in [0.5, 0.6) is 5.75 Å². The first kappa shape index (κ1) is 29.6. The summed E-state index contributed by atoms with van der Waals surface area (Å²) < 4.78 is 6.35. The van der Waals surface area contributed by atoms with Gasteiger partial charge in [0.25, 0.3) is 11.8 Å². The molecule has 3 N–H and O–H groups in total. The molecule has 0 heterocycles. The van der Waals surface area contributed by atoms with Crippen molar-refractivity contribution in [3.8, 4) is 5.75 Å². The Morgan fingerprint density at radius 3 is 2.27 bits per heavy atom. The summed E-state index contributed by atoms with van der Waals surface area (Å²) in [5, 5.41) is 8.11. The average molecular weight is 631 g/mol. The second kappa shape index (κ2) is 14.3. The van der Waals surface area contributed by atoms with Gasteiger partial charge in [-0.3, -0.25) is 14.4 Å². The van der Waals surface area contributed by atoms with Gasteiger partial charge in [-0.25, -0.2) is 0 Å². The molecule has 0 bridgehead atoms. The molecule has 4 aromatic carbocycles. The number of carbonyl (C=O) groups excluding carboxylic acids is 3. The number of nitrogens with one attached hydrogen (secondary N) is 3. The molecule has 41 heavy (non-hydrogen) atoms. The summed E-state index contributed by atoms with van der Waals surface area (Å²) >= 11 is 4.75. The first-order valence-corrected chi connectivity index (χ1v) is 14.4. The minimum Gasteiger partial charge on any atom is -0.496 e. The van der Waals surface area contributed by atoms with Gasteiger partial charge in [0.05, 0.1) is 12.4 Å². The lowest BCUT2D eigenvalue weighted by Gasteiger charge is -2.14. The first-order chi connectivity index (χ1) is 19.8. The van der Waals surface area contributed by atoms with E-state index in [0.29, 0.717) is 28.3 Å². The van der Waals surface area contributed by atoms with Crippen LogP contribution in [-0.4, -0.2) is 30.1 Å². The molecule has 208 valence electrons. The molecule has 7 nitrogen and oxygen atoms in total. The molecule has 0 saturated carbocycles. The summed E-state index contributed by atoms with van der Waals surface area (Å²) in [6.45, 7) is 1.82. The topological polar surface area (TPSA) is 96.5 Å². The zero-order chi connectivity index (χ0) is 29.2. The number of hydrogen-bond donors (Lipinski definition) is 3. The molecule has 0 aromatic heterocycles. The van der Waals surface area contributed by atoms with Crippen LogP contribution >= 0.6 is 27.7 Å². The van der Waals surface area contributed by atoms with Crippen molar-refractivity contribution in [3.63, 3.8) is 0 Å². The molecule has 0 radical (unpaired) electrons. The van der Waals surface area contributed by atoms with Gasteiger partial charge in [0.2, 0.25) is 5.91 Å². The van der Waals surface area contributed by atoms with Gasteiger partial charge in [0, 0.05) is 31.9 Å². The summed E-state index contributed by atoms with van der Waals surface area (Å²) in [6, 6.07) is 30.4. The van der Waals surface area contributed by atoms with Gasteiger partial charge >= 0.3 is 0 Å². The SMILES string of the molecule is COc1ccccc1/C=C(/NC(=O)c1ccccc1)C(=O)Nc1cccc(SC(C)C(=O)Nc2ccc(Br)cc2)c1. The monoisotopic (exact) mass is 629 g/mol. The third kappa shape index (κ3) is 8.57. The molecule has 3 amide bonds. The Morgan fingerprint density at radius 1 is 0.829 bits per heavy atom. The van der Waals surface area contributed by atoms with E-state index in [-0.39, 0.29) is 11.6 Å². The van der Waals surface area contributed by atoms with Gasteiger partial charge in [0.15, 0.2) is 0 Å². The fraction of sp³-hybridized carbons (Fsp3) is 0.0938. The quantitative estimate of drug-likeness (QED) is 0.130. The van der Waals surface area contributed by atoms with E-state index in [1.807, 2.05) is 55.5 Å². The van der Waals surface area contributed by atoms with E-state index in [9.17, 15) is 14.4 Å². The van der Waals surface area contributed by atoms with Crippen LogP contribution in [0, 0.1) is 0 Å². The maximum atomic E-state index is 13.4. The zero-order valence-electron chi connectivity index (χ0n) is 22.4. The van der Waals surface area contributed by atoms with Gasteiger partial charge in [-0.2, -0.15) is 0 Å². The highest BCUT2D eigenvalue weighted by molar-refractivity contribution is 9.10. The van der Waals surface area contributed by atoms with Crippen molar-refractivity contribution in [2.75, 3.05) is 17.7 Å². The van der Waals surface area contributed by atoms with Crippen molar-refractivity contribution in [1.82, 2.24) is 5.32 Å². The minimum absolute atomic E-state index is 0.0450. The summed E-state index contributed by atoms with van der Waals surface area (Å²) in [5.74, 6) is -0.516. The van der Waals surface area contributed by atoms with Crippen LogP contribution in [0.15, 0.2) is 118 Å². The number of anilines is 2. The van der Waals surface area contributed by atoms with Crippen molar-refractivity contribution < 1.29 is 19.1 Å². The van der Waals surface area contributed by atoms with E-state index in [1.54, 1.807) is 60.7 Å². The summed E-state index contributed by atoms with van der Waals surface area (Å²) in [7, 11) is 1.54. The van der Waals surface area contributed by atoms with Crippen molar-refractivity contribution >= 4 is 62.9 Å². The highest BCUT2D eigenvalue weighted by atomic mass is 79.9. The Balaban J connectivity index is 1.50. The van der Waals surface area contributed by atoms with Crippen LogP contribution in [-0.2, 0) is 9.59 Å². The third-order valence-corrected chi connectivity index (χ3v) is 7.48. The Labute approximate surface area is 251 Å². The molecule has 0 fully saturated rings. The Morgan fingerprint density at radius 2 is 1.54 bits per heavy atom. The predicted octanol–water partition coefficient (Wildman–Crippen LogP) is 6.99. The van der Waals surface area contributed by atoms with Crippen LogP contribution in [0.4, 0.5) is 11.4 Å². The van der Waals surface area contributed by atoms with Gasteiger partial charge in [-0.1, -0.05) is 58.4 Å². The number of hydrogen-bond acceptors (Lipinski definition) is 5. The maximum absolute atomic E-state index is 13.4. The number of rotatable bonds is 10. The fourth-order valence-electron chi connectivity index (χ4n) is 3.76. The van der Waals surface area contributed by atoms with E-state index < -0.39 is 17.1 Å². The zero-order valence-corrected chi connectivity index (χ0v) is 24.8. The lowest BCUT2D eigenvalue weighted by Crippen LogP contribution is -2.30. The number of halogens is 1. The Kier molecular flexibility index (Phi) is 10.4. The van der Waals surface area contributed by atoms with Crippen LogP contribution < -0.4 is 20.7 Å². The van der Waals surface area contributed by atoms with Crippen molar-refractivity contribution in [2.24, 2.45) is 0 Å². The van der Waals surface area contributed by atoms with E-state index in [4.69, 9.17) is 4.74 Å². The second-order valence-corrected chi connectivity index (χ2v) is 11.2. The van der Waals surface area contributed by atoms with Crippen LogP contribution in [0.1, 0.15) is 22.8 Å². The number of benzene rings is 4. The Bertz CT molecular complexity index is 1560. The molecule has 1 atom stereocenters. The van der Waals surface area contributed by atoms with E-state index >= 15 is 0 Å². The van der Waals surface area contributed by atoms with Crippen molar-refractivity contribution in [2.45, 2.75) is 17.1 Å². The number of carbonyl (C=O) groups is 3. The van der Waals surface area contributed by atoms with Crippen LogP contribution in [0.3, 0.4) is 0 Å². The van der Waals surface area contributed by atoms with E-state index in [1.165, 1.54) is 18.9 Å². The largest absolute Gasteiger partial charge is 0.496 e. The molecule has 4 rings (SSSR count). The second-order valence-electron chi connectivity index (χ2n) is 8.86. The van der Waals surface area contributed by atoms with Crippen molar-refractivity contribution in [3.05, 3.63) is 124 Å². The molecule has 0 aliphatic rings. The Hall–Kier alpha value is -4.34. The van der Waals surface area contributed by atoms with Gasteiger partial charge < -0.3 is 20.7 Å². The lowest BCUT2D eigenvalue weighted by atomic mass is 10.1. The van der Waals surface area contributed by atoms with Gasteiger partial charge in [-0.05, 0) is 73.7 Å². The number of ether oxygens (including phenoxy) is 1. The smallest absolute Gasteiger partial charge is 0.272 e. The van der Waals surface area contributed by atoms with Gasteiger partial charge in [0.1, 0.15) is 11.4 Å². The third-order valence-electron chi connectivity index (χ3n) is 5.85. The van der Waals surface area contributed by atoms with E-state index in [0.717, 1.165) is 9.37 Å². The minimum atomic E-state index is -0.511. The molecule has 9 heteroatoms. The van der Waals surface area contributed by atoms with Crippen molar-refractivity contribution in [1.29, 1.82) is 0 Å². The van der Waals surface area contributed by atoms with Crippen LogP contribution in [0.2, 0.25) is 0 Å². The highest BCUT2D eigenvalue weighted by Gasteiger charge is 2.18. The summed E-state index contributed by atoms with van der Waals surface area (Å²) in [4.78, 5) is 39.9. The summed E-state index contributed by atoms with van der Waals surface area (Å²) in [5.41, 5.74) is 2.31. The first-order valence-electron chi connectivity index (χ1n) is 12.7. The fourth-order valence-corrected chi connectivity index (χ4v) is 4.95. The molecular formula is C32H28BrN3O4S. The summed E-state index contributed by atoms with van der Waals surface area (Å²) in [6.07, 6.45) is 1.57. The van der Waals surface area contributed by atoms with Crippen LogP contribution in [0.25, 0.3) is 6.08 Å². The maximum Gasteiger partial charge on any atom is 0.272 e. The molecule has 0 saturated heterocycles. The molecule has 0 spiro atoms. The lowest BCUT2D eigenvalue weighted by molar-refractivity contribution is -0.115. The normalized spacial score (nSPS) is 11.7. The number of methoxy groups -OCH3 is 1. The average Bonchev–Trinajstić information content (AvgIpc) is 2.98. The standard InChI is InChI=1S/C32H28BrN3O4S/c1-21(30(37)34-25-17-15-24(33)16-18-25)41-27-13-8-12-26(20-27)35-32(39)28(19-23-11-6-7-14-29(23)40-2)36-31(38)22-9-4-3-5-10-22/h3-21H,1-2H3,(H,34,37)(H,35,39)(H,36,38)/b28-19+. The highest BCUT2D eigenvalue weighted by Crippen LogP contribution is 2.27. The predicted molar refractivity (Wildman–Crippen MR) is 168 cm³/mol. The number of thioether (sulfide) groups is 1. The molecule has 0 aliphatic carbocycles. The number of amides is 3. The van der Waals surface area contributed by atoms with Gasteiger partial charge in [-0.15, -0.1) is 11.8 Å². The van der Waals surface area contributed by atoms with E-state index in [2.05, 4.69) is 31.9 Å². The molecule has 0 aliphatic heterocycles. The molecular weight excluding hydrogens is 602 g/mol.